The Morgan fingerprint density at radius 2 is 2.21 bits per heavy atom. The van der Waals surface area contributed by atoms with Crippen molar-refractivity contribution in [1.29, 1.82) is 0 Å². The minimum atomic E-state index is -0.493. The van der Waals surface area contributed by atoms with Crippen molar-refractivity contribution >= 4 is 39.3 Å². The maximum Gasteiger partial charge on any atom is 0.410 e. The molecule has 2 aromatic heterocycles. The Bertz CT molecular complexity index is 771. The highest BCUT2D eigenvalue weighted by atomic mass is 79.9. The number of halogens is 2. The van der Waals surface area contributed by atoms with E-state index in [0.717, 1.165) is 23.0 Å². The third-order valence-electron chi connectivity index (χ3n) is 3.90. The van der Waals surface area contributed by atoms with Crippen molar-refractivity contribution in [2.24, 2.45) is 0 Å². The summed E-state index contributed by atoms with van der Waals surface area (Å²) < 4.78 is 7.87. The topological polar surface area (TPSA) is 59.7 Å². The van der Waals surface area contributed by atoms with Crippen LogP contribution in [0, 0.1) is 0 Å². The molecule has 1 atom stereocenters. The monoisotopic (exact) mass is 414 g/mol. The van der Waals surface area contributed by atoms with Gasteiger partial charge in [-0.25, -0.2) is 14.3 Å². The number of amides is 1. The fraction of sp³-hybridized carbons (Fsp3) is 0.562. The molecule has 1 saturated heterocycles. The van der Waals surface area contributed by atoms with Crippen molar-refractivity contribution in [3.05, 3.63) is 27.6 Å². The summed E-state index contributed by atoms with van der Waals surface area (Å²) >= 11 is 9.75. The lowest BCUT2D eigenvalue weighted by molar-refractivity contribution is 0.0197. The highest BCUT2D eigenvalue weighted by Crippen LogP contribution is 2.30. The van der Waals surface area contributed by atoms with Crippen LogP contribution >= 0.6 is 27.5 Å². The summed E-state index contributed by atoms with van der Waals surface area (Å²) in [7, 11) is 0. The molecule has 8 heteroatoms. The van der Waals surface area contributed by atoms with Crippen LogP contribution in [-0.4, -0.2) is 44.3 Å². The lowest BCUT2D eigenvalue weighted by atomic mass is 9.95. The van der Waals surface area contributed by atoms with Gasteiger partial charge < -0.3 is 9.64 Å². The Labute approximate surface area is 154 Å². The van der Waals surface area contributed by atoms with E-state index < -0.39 is 5.60 Å². The van der Waals surface area contributed by atoms with Crippen LogP contribution in [-0.2, 0) is 4.74 Å². The van der Waals surface area contributed by atoms with Crippen molar-refractivity contribution in [1.82, 2.24) is 19.5 Å². The molecule has 1 aliphatic rings. The second-order valence-electron chi connectivity index (χ2n) is 7.00. The van der Waals surface area contributed by atoms with Gasteiger partial charge in [-0.3, -0.25) is 0 Å². The van der Waals surface area contributed by atoms with Gasteiger partial charge in [0.25, 0.3) is 0 Å². The average Bonchev–Trinajstić information content (AvgIpc) is 2.88. The molecule has 0 bridgehead atoms. The number of likely N-dealkylation sites (tertiary alicyclic amines) is 1. The first-order valence-corrected chi connectivity index (χ1v) is 9.09. The number of ether oxygens (including phenoxy) is 1. The molecule has 0 N–H and O–H groups in total. The Morgan fingerprint density at radius 1 is 1.46 bits per heavy atom. The second-order valence-corrected chi connectivity index (χ2v) is 8.24. The lowest BCUT2D eigenvalue weighted by Gasteiger charge is -2.34. The molecule has 1 amide bonds. The smallest absolute Gasteiger partial charge is 0.410 e. The summed E-state index contributed by atoms with van der Waals surface area (Å²) in [5.41, 5.74) is 1.07. The van der Waals surface area contributed by atoms with E-state index in [0.29, 0.717) is 23.9 Å². The predicted molar refractivity (Wildman–Crippen MR) is 95.5 cm³/mol. The van der Waals surface area contributed by atoms with Gasteiger partial charge in [-0.1, -0.05) is 11.6 Å². The number of aromatic nitrogens is 3. The lowest BCUT2D eigenvalue weighted by Crippen LogP contribution is -2.42. The van der Waals surface area contributed by atoms with E-state index in [9.17, 15) is 4.79 Å². The SMILES string of the molecule is CC(C)(C)OC(=O)N1CCCC(c2cc(Cl)n3ncc(Br)c3n2)C1. The molecule has 1 aliphatic heterocycles. The van der Waals surface area contributed by atoms with E-state index in [1.54, 1.807) is 15.6 Å². The molecule has 0 spiro atoms. The van der Waals surface area contributed by atoms with Gasteiger partial charge in [0, 0.05) is 19.0 Å². The molecule has 0 aliphatic carbocycles. The minimum absolute atomic E-state index is 0.135. The highest BCUT2D eigenvalue weighted by Gasteiger charge is 2.29. The molecule has 0 saturated carbocycles. The molecule has 6 nitrogen and oxygen atoms in total. The summed E-state index contributed by atoms with van der Waals surface area (Å²) in [6.07, 6.45) is 3.27. The first-order chi connectivity index (χ1) is 11.2. The number of rotatable bonds is 1. The number of nitrogens with zero attached hydrogens (tertiary/aromatic N) is 4. The van der Waals surface area contributed by atoms with Gasteiger partial charge in [-0.05, 0) is 55.6 Å². The van der Waals surface area contributed by atoms with Crippen LogP contribution in [0.1, 0.15) is 45.2 Å². The summed E-state index contributed by atoms with van der Waals surface area (Å²) in [6, 6.07) is 1.83. The molecule has 1 unspecified atom stereocenters. The summed E-state index contributed by atoms with van der Waals surface area (Å²) in [5.74, 6) is 0.135. The van der Waals surface area contributed by atoms with Gasteiger partial charge >= 0.3 is 6.09 Å². The van der Waals surface area contributed by atoms with Gasteiger partial charge in [0.15, 0.2) is 5.65 Å². The van der Waals surface area contributed by atoms with Crippen LogP contribution in [0.25, 0.3) is 5.65 Å². The van der Waals surface area contributed by atoms with Gasteiger partial charge in [0.05, 0.1) is 16.4 Å². The standard InChI is InChI=1S/C16H20BrClN4O2/c1-16(2,3)24-15(23)21-6-4-5-10(9-21)12-7-13(18)22-14(20-12)11(17)8-19-22/h7-8,10H,4-6,9H2,1-3H3. The van der Waals surface area contributed by atoms with Crippen LogP contribution in [0.15, 0.2) is 16.7 Å². The fourth-order valence-electron chi connectivity index (χ4n) is 2.84. The number of hydrogen-bond acceptors (Lipinski definition) is 4. The van der Waals surface area contributed by atoms with Crippen LogP contribution < -0.4 is 0 Å². The summed E-state index contributed by atoms with van der Waals surface area (Å²) in [6.45, 7) is 6.91. The Kier molecular flexibility index (Phi) is 4.75. The van der Waals surface area contributed by atoms with Crippen LogP contribution in [0.2, 0.25) is 5.15 Å². The minimum Gasteiger partial charge on any atom is -0.444 e. The normalized spacial score (nSPS) is 18.9. The highest BCUT2D eigenvalue weighted by molar-refractivity contribution is 9.10. The average molecular weight is 416 g/mol. The van der Waals surface area contributed by atoms with Crippen molar-refractivity contribution in [2.45, 2.75) is 45.1 Å². The van der Waals surface area contributed by atoms with Gasteiger partial charge in [-0.15, -0.1) is 0 Å². The zero-order valence-corrected chi connectivity index (χ0v) is 16.3. The third kappa shape index (κ3) is 3.67. The Balaban J connectivity index is 1.82. The molecule has 24 heavy (non-hydrogen) atoms. The third-order valence-corrected chi connectivity index (χ3v) is 4.73. The molecule has 0 aromatic carbocycles. The molecule has 2 aromatic rings. The van der Waals surface area contributed by atoms with Gasteiger partial charge in [-0.2, -0.15) is 5.10 Å². The molecule has 3 rings (SSSR count). The van der Waals surface area contributed by atoms with Crippen molar-refractivity contribution in [3.63, 3.8) is 0 Å². The van der Waals surface area contributed by atoms with Crippen LogP contribution in [0.4, 0.5) is 4.79 Å². The number of fused-ring (bicyclic) bond motifs is 1. The number of piperidine rings is 1. The van der Waals surface area contributed by atoms with E-state index in [1.165, 1.54) is 0 Å². The summed E-state index contributed by atoms with van der Waals surface area (Å²) in [4.78, 5) is 18.8. The van der Waals surface area contributed by atoms with Gasteiger partial charge in [0.1, 0.15) is 10.8 Å². The van der Waals surface area contributed by atoms with Crippen LogP contribution in [0.3, 0.4) is 0 Å². The molecular formula is C16H20BrClN4O2. The maximum atomic E-state index is 12.3. The molecule has 0 radical (unpaired) electrons. The molecule has 3 heterocycles. The van der Waals surface area contributed by atoms with E-state index in [-0.39, 0.29) is 12.0 Å². The Hall–Kier alpha value is -1.34. The van der Waals surface area contributed by atoms with Crippen molar-refractivity contribution < 1.29 is 9.53 Å². The first kappa shape index (κ1) is 17.5. The zero-order valence-electron chi connectivity index (χ0n) is 13.9. The number of carbonyl (C=O) groups is 1. The zero-order chi connectivity index (χ0) is 17.5. The quantitative estimate of drug-likeness (QED) is 0.653. The van der Waals surface area contributed by atoms with Crippen LogP contribution in [0.5, 0.6) is 0 Å². The second kappa shape index (κ2) is 6.52. The van der Waals surface area contributed by atoms with E-state index in [2.05, 4.69) is 26.0 Å². The first-order valence-electron chi connectivity index (χ1n) is 7.92. The predicted octanol–water partition coefficient (Wildman–Crippen LogP) is 4.26. The molecular weight excluding hydrogens is 396 g/mol. The number of hydrogen-bond donors (Lipinski definition) is 0. The van der Waals surface area contributed by atoms with Crippen molar-refractivity contribution in [2.75, 3.05) is 13.1 Å². The van der Waals surface area contributed by atoms with Crippen molar-refractivity contribution in [3.8, 4) is 0 Å². The van der Waals surface area contributed by atoms with E-state index >= 15 is 0 Å². The maximum absolute atomic E-state index is 12.3. The fourth-order valence-corrected chi connectivity index (χ4v) is 3.42. The largest absolute Gasteiger partial charge is 0.444 e. The summed E-state index contributed by atoms with van der Waals surface area (Å²) in [5, 5.41) is 4.69. The number of carbonyl (C=O) groups excluding carboxylic acids is 1. The van der Waals surface area contributed by atoms with E-state index in [1.807, 2.05) is 26.8 Å². The van der Waals surface area contributed by atoms with Gasteiger partial charge in [0.2, 0.25) is 0 Å². The van der Waals surface area contributed by atoms with E-state index in [4.69, 9.17) is 16.3 Å². The molecule has 1 fully saturated rings. The Morgan fingerprint density at radius 3 is 2.92 bits per heavy atom. The molecule has 130 valence electrons.